The van der Waals surface area contributed by atoms with E-state index in [0.29, 0.717) is 21.9 Å². The highest BCUT2D eigenvalue weighted by Crippen LogP contribution is 2.33. The molecule has 4 rings (SSSR count). The van der Waals surface area contributed by atoms with E-state index in [1.807, 2.05) is 24.3 Å². The van der Waals surface area contributed by atoms with Crippen LogP contribution in [0.25, 0.3) is 21.5 Å². The number of primary amides is 2. The molecule has 0 spiro atoms. The molecule has 2 amide bonds. The van der Waals surface area contributed by atoms with Crippen LogP contribution in [0, 0.1) is 0 Å². The van der Waals surface area contributed by atoms with Crippen LogP contribution in [0.3, 0.4) is 0 Å². The predicted molar refractivity (Wildman–Crippen MR) is 69.7 cm³/mol. The molecule has 18 heavy (non-hydrogen) atoms. The Morgan fingerprint density at radius 1 is 0.667 bits per heavy atom. The minimum atomic E-state index is -0.510. The number of amides is 2. The third-order valence-corrected chi connectivity index (χ3v) is 3.20. The number of benzene rings is 4. The van der Waals surface area contributed by atoms with Gasteiger partial charge < -0.3 is 11.5 Å². The van der Waals surface area contributed by atoms with Gasteiger partial charge in [-0.2, -0.15) is 0 Å². The highest BCUT2D eigenvalue weighted by molar-refractivity contribution is 6.24. The molecule has 0 fully saturated rings. The van der Waals surface area contributed by atoms with Gasteiger partial charge in [0.1, 0.15) is 0 Å². The summed E-state index contributed by atoms with van der Waals surface area (Å²) in [6.07, 6.45) is 0. The fourth-order valence-corrected chi connectivity index (χ4v) is 2.42. The van der Waals surface area contributed by atoms with Gasteiger partial charge in [0.25, 0.3) is 0 Å². The summed E-state index contributed by atoms with van der Waals surface area (Å²) in [5.41, 5.74) is 11.6. The molecule has 0 aliphatic rings. The summed E-state index contributed by atoms with van der Waals surface area (Å²) in [5.74, 6) is -1.02. The molecule has 0 aromatic heterocycles. The topological polar surface area (TPSA) is 86.2 Å². The summed E-state index contributed by atoms with van der Waals surface area (Å²) in [5, 5.41) is 3.16. The zero-order chi connectivity index (χ0) is 12.9. The molecule has 88 valence electrons. The molecule has 2 bridgehead atoms. The second-order valence-corrected chi connectivity index (χ2v) is 4.22. The smallest absolute Gasteiger partial charge is 0.249 e. The number of hydrogen-bond acceptors (Lipinski definition) is 2. The summed E-state index contributed by atoms with van der Waals surface area (Å²) < 4.78 is 0. The van der Waals surface area contributed by atoms with Crippen molar-refractivity contribution in [1.29, 1.82) is 0 Å². The van der Waals surface area contributed by atoms with Crippen LogP contribution in [-0.2, 0) is 0 Å². The molecule has 0 unspecified atom stereocenters. The molecule has 4 nitrogen and oxygen atoms in total. The number of hydrogen-bond donors (Lipinski definition) is 2. The number of carbonyl (C=O) groups excluding carboxylic acids is 2. The number of rotatable bonds is 2. The molecular formula is C14H10N2O2. The molecule has 0 saturated heterocycles. The molecule has 4 heteroatoms. The second kappa shape index (κ2) is 3.43. The van der Waals surface area contributed by atoms with Gasteiger partial charge in [-0.25, -0.2) is 0 Å². The summed E-state index contributed by atoms with van der Waals surface area (Å²) in [7, 11) is 0. The normalized spacial score (nSPS) is 11.1. The third-order valence-electron chi connectivity index (χ3n) is 3.20. The van der Waals surface area contributed by atoms with Crippen LogP contribution in [0.2, 0.25) is 0 Å². The average molecular weight is 238 g/mol. The third kappa shape index (κ3) is 1.26. The van der Waals surface area contributed by atoms with Gasteiger partial charge in [0.2, 0.25) is 11.8 Å². The zero-order valence-electron chi connectivity index (χ0n) is 9.44. The Morgan fingerprint density at radius 3 is 1.28 bits per heavy atom. The van der Waals surface area contributed by atoms with Gasteiger partial charge in [0.05, 0.1) is 0 Å². The summed E-state index contributed by atoms with van der Waals surface area (Å²) in [4.78, 5) is 22.9. The van der Waals surface area contributed by atoms with E-state index in [4.69, 9.17) is 11.5 Å². The van der Waals surface area contributed by atoms with Crippen molar-refractivity contribution >= 4 is 33.4 Å². The van der Waals surface area contributed by atoms with Crippen molar-refractivity contribution in [1.82, 2.24) is 0 Å². The molecule has 0 radical (unpaired) electrons. The van der Waals surface area contributed by atoms with E-state index in [0.717, 1.165) is 10.8 Å². The molecule has 0 aliphatic carbocycles. The van der Waals surface area contributed by atoms with Gasteiger partial charge in [-0.05, 0) is 22.9 Å². The fourth-order valence-electron chi connectivity index (χ4n) is 2.42. The van der Waals surface area contributed by atoms with Crippen molar-refractivity contribution in [2.75, 3.05) is 0 Å². The number of carbonyl (C=O) groups is 2. The lowest BCUT2D eigenvalue weighted by Gasteiger charge is -2.12. The van der Waals surface area contributed by atoms with E-state index in [1.165, 1.54) is 0 Å². The Bertz CT molecular complexity index is 706. The van der Waals surface area contributed by atoms with Crippen LogP contribution < -0.4 is 11.5 Å². The van der Waals surface area contributed by atoms with Gasteiger partial charge in [0, 0.05) is 21.9 Å². The van der Waals surface area contributed by atoms with Crippen molar-refractivity contribution in [3.63, 3.8) is 0 Å². The number of fused-ring (bicyclic) bond motifs is 2. The van der Waals surface area contributed by atoms with Crippen LogP contribution in [0.1, 0.15) is 20.7 Å². The highest BCUT2D eigenvalue weighted by atomic mass is 16.1. The van der Waals surface area contributed by atoms with Gasteiger partial charge in [-0.3, -0.25) is 9.59 Å². The summed E-state index contributed by atoms with van der Waals surface area (Å²) in [6, 6.07) is 10.7. The van der Waals surface area contributed by atoms with Gasteiger partial charge in [0.15, 0.2) is 0 Å². The lowest BCUT2D eigenvalue weighted by atomic mass is 9.91. The zero-order valence-corrected chi connectivity index (χ0v) is 9.44. The maximum atomic E-state index is 11.5. The summed E-state index contributed by atoms with van der Waals surface area (Å²) >= 11 is 0. The van der Waals surface area contributed by atoms with Crippen LogP contribution in [0.15, 0.2) is 36.4 Å². The van der Waals surface area contributed by atoms with Crippen molar-refractivity contribution < 1.29 is 9.59 Å². The lowest BCUT2D eigenvalue weighted by Crippen LogP contribution is -2.15. The predicted octanol–water partition coefficient (Wildman–Crippen LogP) is 1.63. The van der Waals surface area contributed by atoms with Crippen molar-refractivity contribution in [3.05, 3.63) is 47.5 Å². The van der Waals surface area contributed by atoms with E-state index in [1.54, 1.807) is 12.1 Å². The Kier molecular flexibility index (Phi) is 2.01. The Morgan fingerprint density at radius 2 is 1.00 bits per heavy atom. The molecule has 4 aromatic carbocycles. The van der Waals surface area contributed by atoms with E-state index in [2.05, 4.69) is 0 Å². The Balaban J connectivity index is 2.60. The van der Waals surface area contributed by atoms with Crippen molar-refractivity contribution in [3.8, 4) is 0 Å². The van der Waals surface area contributed by atoms with E-state index in [9.17, 15) is 9.59 Å². The number of nitrogens with two attached hydrogens (primary N) is 2. The first kappa shape index (κ1) is 10.5. The van der Waals surface area contributed by atoms with E-state index < -0.39 is 11.8 Å². The van der Waals surface area contributed by atoms with Gasteiger partial charge >= 0.3 is 0 Å². The Hall–Kier alpha value is -2.62. The first-order valence-electron chi connectivity index (χ1n) is 5.47. The molecule has 0 saturated carbocycles. The maximum Gasteiger partial charge on any atom is 0.249 e. The van der Waals surface area contributed by atoms with Gasteiger partial charge in [-0.1, -0.05) is 24.3 Å². The first-order chi connectivity index (χ1) is 8.59. The molecule has 0 aliphatic heterocycles. The van der Waals surface area contributed by atoms with Crippen molar-refractivity contribution in [2.45, 2.75) is 0 Å². The standard InChI is InChI=1S/C14H10N2O2/c15-13(17)9-5-6-10(14(16)18)12-8-2-1-7(3-4-8)11(9)12/h1-6H,(H2,15,17)(H2,16,18). The molecule has 0 heterocycles. The molecule has 4 N–H and O–H groups in total. The lowest BCUT2D eigenvalue weighted by molar-refractivity contribution is 0.0990. The van der Waals surface area contributed by atoms with Gasteiger partial charge in [-0.15, -0.1) is 0 Å². The molecule has 0 atom stereocenters. The average Bonchev–Trinajstić information content (AvgIpc) is 2.38. The van der Waals surface area contributed by atoms with Crippen LogP contribution >= 0.6 is 0 Å². The fraction of sp³-hybridized carbons (Fsp3) is 0. The minimum absolute atomic E-state index is 0.413. The monoisotopic (exact) mass is 238 g/mol. The van der Waals surface area contributed by atoms with E-state index >= 15 is 0 Å². The first-order valence-corrected chi connectivity index (χ1v) is 5.47. The Labute approximate surface area is 103 Å². The van der Waals surface area contributed by atoms with E-state index in [-0.39, 0.29) is 0 Å². The van der Waals surface area contributed by atoms with Crippen molar-refractivity contribution in [2.24, 2.45) is 11.5 Å². The molecular weight excluding hydrogens is 228 g/mol. The summed E-state index contributed by atoms with van der Waals surface area (Å²) in [6.45, 7) is 0. The quantitative estimate of drug-likeness (QED) is 0.710. The largest absolute Gasteiger partial charge is 0.366 e. The SMILES string of the molecule is NC(=O)c1ccc(C(N)=O)c2c3ccc(cc3)c12. The highest BCUT2D eigenvalue weighted by Gasteiger charge is 2.16. The second-order valence-electron chi connectivity index (χ2n) is 4.22. The minimum Gasteiger partial charge on any atom is -0.366 e. The van der Waals surface area contributed by atoms with Crippen LogP contribution in [0.4, 0.5) is 0 Å². The van der Waals surface area contributed by atoms with Crippen LogP contribution in [0.5, 0.6) is 0 Å². The van der Waals surface area contributed by atoms with Crippen LogP contribution in [-0.4, -0.2) is 11.8 Å². The maximum absolute atomic E-state index is 11.5. The molecule has 4 aromatic rings.